The van der Waals surface area contributed by atoms with Gasteiger partial charge < -0.3 is 48.9 Å². The van der Waals surface area contributed by atoms with Crippen LogP contribution in [0.5, 0.6) is 0 Å². The van der Waals surface area contributed by atoms with Crippen molar-refractivity contribution >= 4 is 34.5 Å². The van der Waals surface area contributed by atoms with E-state index in [9.17, 15) is 22.8 Å². The SMILES string of the molecule is CCOC1(c2ccc(-c3cc4c(N5CCN(C(=O)OC[C@@H](C)F)CC5)ccnn4c3)nc2)CCN(C(C)CC(C)NC(=O)N2CCN(c3ccnn4cc(-c5ccc([C@H]6CN(C(C)C)CC[C@@H]6OC(F)F)cc5)cc34)CC2)CC1. The molecule has 1 aromatic carbocycles. The molecule has 17 nitrogen and oxygen atoms in total. The van der Waals surface area contributed by atoms with Gasteiger partial charge in [-0.25, -0.2) is 23.0 Å². The Labute approximate surface area is 461 Å². The maximum absolute atomic E-state index is 13.7. The zero-order valence-corrected chi connectivity index (χ0v) is 46.5. The van der Waals surface area contributed by atoms with Crippen molar-refractivity contribution in [1.29, 1.82) is 0 Å². The Kier molecular flexibility index (Phi) is 17.3. The molecule has 0 radical (unpaired) electrons. The lowest BCUT2D eigenvalue weighted by molar-refractivity contribution is -0.179. The highest BCUT2D eigenvalue weighted by Gasteiger charge is 2.39. The number of nitrogens with one attached hydrogen (secondary N) is 1. The summed E-state index contributed by atoms with van der Waals surface area (Å²) in [5, 5.41) is 12.5. The van der Waals surface area contributed by atoms with Crippen LogP contribution in [0.15, 0.2) is 91.6 Å². The molecule has 4 fully saturated rings. The van der Waals surface area contributed by atoms with Gasteiger partial charge in [-0.05, 0) is 109 Å². The Hall–Kier alpha value is -6.48. The largest absolute Gasteiger partial charge is 0.446 e. The Morgan fingerprint density at radius 1 is 0.722 bits per heavy atom. The predicted molar refractivity (Wildman–Crippen MR) is 300 cm³/mol. The van der Waals surface area contributed by atoms with Crippen LogP contribution in [0.25, 0.3) is 33.4 Å². The zero-order chi connectivity index (χ0) is 55.4. The molecule has 0 saturated carbocycles. The van der Waals surface area contributed by atoms with Gasteiger partial charge in [-0.2, -0.15) is 19.0 Å². The monoisotopic (exact) mass is 1090 g/mol. The number of rotatable bonds is 17. The summed E-state index contributed by atoms with van der Waals surface area (Å²) < 4.78 is 60.7. The lowest BCUT2D eigenvalue weighted by Crippen LogP contribution is -2.54. The topological polar surface area (TPSA) is 141 Å². The fraction of sp³-hybridized carbons (Fsp3) is 0.542. The fourth-order valence-electron chi connectivity index (χ4n) is 12.3. The second-order valence-electron chi connectivity index (χ2n) is 22.2. The number of anilines is 2. The molecule has 4 aliphatic rings. The summed E-state index contributed by atoms with van der Waals surface area (Å²) >= 11 is 0. The summed E-state index contributed by atoms with van der Waals surface area (Å²) in [6.07, 6.45) is 10.4. The van der Waals surface area contributed by atoms with Crippen LogP contribution in [0.2, 0.25) is 0 Å². The maximum Gasteiger partial charge on any atom is 0.409 e. The minimum absolute atomic E-state index is 0.0231. The number of piperazine rings is 2. The number of halogens is 3. The van der Waals surface area contributed by atoms with Crippen molar-refractivity contribution in [1.82, 2.24) is 49.1 Å². The van der Waals surface area contributed by atoms with Crippen molar-refractivity contribution in [2.24, 2.45) is 0 Å². The molecule has 0 bridgehead atoms. The molecule has 10 rings (SSSR count). The average molecular weight is 1090 g/mol. The molecule has 5 aromatic heterocycles. The molecule has 5 atom stereocenters. The van der Waals surface area contributed by atoms with Crippen molar-refractivity contribution in [2.75, 3.05) is 102 Å². The van der Waals surface area contributed by atoms with Gasteiger partial charge in [0.2, 0.25) is 0 Å². The van der Waals surface area contributed by atoms with Gasteiger partial charge in [0.05, 0.1) is 39.8 Å². The number of ether oxygens (including phenoxy) is 3. The number of alkyl halides is 3. The molecule has 0 spiro atoms. The first kappa shape index (κ1) is 55.8. The van der Waals surface area contributed by atoms with Crippen LogP contribution in [0.1, 0.15) is 84.3 Å². The van der Waals surface area contributed by atoms with E-state index in [4.69, 9.17) is 19.2 Å². The third-order valence-electron chi connectivity index (χ3n) is 16.8. The normalized spacial score (nSPS) is 20.8. The number of carbonyl (C=O) groups excluding carboxylic acids is 2. The second-order valence-corrected chi connectivity index (χ2v) is 22.2. The number of carbonyl (C=O) groups is 2. The van der Waals surface area contributed by atoms with Crippen LogP contribution >= 0.6 is 0 Å². The van der Waals surface area contributed by atoms with Crippen molar-refractivity contribution < 1.29 is 37.0 Å². The smallest absolute Gasteiger partial charge is 0.409 e. The highest BCUT2D eigenvalue weighted by molar-refractivity contribution is 5.81. The second kappa shape index (κ2) is 24.5. The summed E-state index contributed by atoms with van der Waals surface area (Å²) in [5.41, 5.74) is 9.42. The lowest BCUT2D eigenvalue weighted by Gasteiger charge is -2.44. The minimum atomic E-state index is -2.80. The highest BCUT2D eigenvalue weighted by atomic mass is 19.3. The number of urea groups is 1. The fourth-order valence-corrected chi connectivity index (χ4v) is 12.3. The van der Waals surface area contributed by atoms with Gasteiger partial charge in [-0.1, -0.05) is 30.3 Å². The van der Waals surface area contributed by atoms with Crippen molar-refractivity contribution in [2.45, 2.75) is 116 Å². The maximum atomic E-state index is 13.7. The number of aromatic nitrogens is 5. The van der Waals surface area contributed by atoms with Gasteiger partial charge in [-0.3, -0.25) is 4.98 Å². The Bertz CT molecular complexity index is 2990. The predicted octanol–water partition coefficient (Wildman–Crippen LogP) is 9.16. The number of nitrogens with zero attached hydrogens (tertiary/aromatic N) is 11. The summed E-state index contributed by atoms with van der Waals surface area (Å²) in [6, 6.07) is 21.2. The van der Waals surface area contributed by atoms with Gasteiger partial charge in [0.25, 0.3) is 0 Å². The van der Waals surface area contributed by atoms with Gasteiger partial charge in [0, 0.05) is 157 Å². The summed E-state index contributed by atoms with van der Waals surface area (Å²) in [6.45, 7) is 17.4. The van der Waals surface area contributed by atoms with E-state index in [0.717, 1.165) is 94.8 Å². The van der Waals surface area contributed by atoms with E-state index in [1.807, 2.05) is 69.9 Å². The number of likely N-dealkylation sites (tertiary alicyclic amines) is 2. The summed E-state index contributed by atoms with van der Waals surface area (Å²) in [4.78, 5) is 44.1. The number of hydrogen-bond donors (Lipinski definition) is 1. The third kappa shape index (κ3) is 12.6. The number of fused-ring (bicyclic) bond motifs is 2. The van der Waals surface area contributed by atoms with Crippen molar-refractivity contribution in [3.05, 3.63) is 103 Å². The van der Waals surface area contributed by atoms with Crippen LogP contribution in [-0.2, 0) is 19.8 Å². The van der Waals surface area contributed by atoms with Gasteiger partial charge in [-0.15, -0.1) is 0 Å². The molecule has 79 heavy (non-hydrogen) atoms. The molecule has 4 saturated heterocycles. The first-order chi connectivity index (χ1) is 38.1. The van der Waals surface area contributed by atoms with E-state index in [1.165, 1.54) is 6.92 Å². The third-order valence-corrected chi connectivity index (χ3v) is 16.8. The molecule has 3 amide bonds. The van der Waals surface area contributed by atoms with Gasteiger partial charge in [0.15, 0.2) is 0 Å². The molecule has 424 valence electrons. The molecular weight excluding hydrogens is 1010 g/mol. The standard InChI is InChI=1S/C59H77F3N12O5/c1-7-78-59(48-12-13-50(63-35-48)47-34-54-52(15-20-65-74(54)37-47)69-26-30-71(31-27-69)58(76)77-39-41(4)60)17-22-67(23-18-59)43(6)32-42(5)66-57(75)70-28-24-68(25-29-70)51-14-19-64-73-36-46(33-53(51)73)44-8-10-45(11-9-44)49-38-72(40(2)3)21-16-55(49)79-56(61)62/h8-15,19-20,33-37,40-43,49,55-56H,7,16-18,21-32,38-39H2,1-6H3,(H,66,75)/t41-,42?,43?,49-,55+/m1/s1. The quantitative estimate of drug-likeness (QED) is 0.0932. The van der Waals surface area contributed by atoms with E-state index in [2.05, 4.69) is 99.2 Å². The molecule has 6 aromatic rings. The molecule has 2 unspecified atom stereocenters. The number of amides is 3. The first-order valence-electron chi connectivity index (χ1n) is 28.3. The minimum Gasteiger partial charge on any atom is -0.446 e. The van der Waals surface area contributed by atoms with Crippen LogP contribution in [0, 0.1) is 0 Å². The van der Waals surface area contributed by atoms with Gasteiger partial charge >= 0.3 is 18.7 Å². The van der Waals surface area contributed by atoms with Crippen LogP contribution < -0.4 is 15.1 Å². The zero-order valence-electron chi connectivity index (χ0n) is 46.5. The van der Waals surface area contributed by atoms with E-state index in [1.54, 1.807) is 11.1 Å². The average Bonchev–Trinajstić information content (AvgIpc) is 4.21. The summed E-state index contributed by atoms with van der Waals surface area (Å²) in [5.74, 6) is -0.146. The van der Waals surface area contributed by atoms with Crippen LogP contribution in [0.3, 0.4) is 0 Å². The Balaban J connectivity index is 0.697. The van der Waals surface area contributed by atoms with Crippen LogP contribution in [-0.4, -0.2) is 185 Å². The number of pyridine rings is 1. The Morgan fingerprint density at radius 3 is 1.92 bits per heavy atom. The molecule has 1 N–H and O–H groups in total. The van der Waals surface area contributed by atoms with Crippen molar-refractivity contribution in [3.8, 4) is 22.4 Å². The summed E-state index contributed by atoms with van der Waals surface area (Å²) in [7, 11) is 0. The molecule has 0 aliphatic carbocycles. The highest BCUT2D eigenvalue weighted by Crippen LogP contribution is 2.39. The van der Waals surface area contributed by atoms with Gasteiger partial charge in [0.1, 0.15) is 12.8 Å². The van der Waals surface area contributed by atoms with Crippen LogP contribution in [0.4, 0.5) is 34.1 Å². The first-order valence-corrected chi connectivity index (χ1v) is 28.3. The number of benzene rings is 1. The number of hydrogen-bond acceptors (Lipinski definition) is 12. The molecular formula is C59H77F3N12O5. The Morgan fingerprint density at radius 2 is 1.34 bits per heavy atom. The van der Waals surface area contributed by atoms with Crippen molar-refractivity contribution in [3.63, 3.8) is 0 Å². The number of piperidine rings is 2. The lowest BCUT2D eigenvalue weighted by atomic mass is 9.84. The van der Waals surface area contributed by atoms with E-state index < -0.39 is 30.6 Å². The molecule has 4 aliphatic heterocycles. The molecule has 9 heterocycles. The van der Waals surface area contributed by atoms with E-state index in [0.29, 0.717) is 78.0 Å². The molecule has 20 heteroatoms. The van der Waals surface area contributed by atoms with E-state index in [-0.39, 0.29) is 30.6 Å². The van der Waals surface area contributed by atoms with E-state index >= 15 is 0 Å².